The maximum Gasteiger partial charge on any atom is 0.318 e. The maximum absolute atomic E-state index is 13.2. The third kappa shape index (κ3) is 4.22. The van der Waals surface area contributed by atoms with Crippen LogP contribution in [0.15, 0.2) is 18.2 Å². The predicted molar refractivity (Wildman–Crippen MR) is 66.8 cm³/mol. The molecule has 0 fully saturated rings. The van der Waals surface area contributed by atoms with Gasteiger partial charge in [-0.2, -0.15) is 0 Å². The van der Waals surface area contributed by atoms with Gasteiger partial charge in [0.2, 0.25) is 0 Å². The summed E-state index contributed by atoms with van der Waals surface area (Å²) in [5.41, 5.74) is 11.1. The van der Waals surface area contributed by atoms with Crippen LogP contribution in [0.2, 0.25) is 0 Å². The lowest BCUT2D eigenvalue weighted by Crippen LogP contribution is -2.42. The molecular formula is C12H16FN3O3. The Hall–Kier alpha value is -2.15. The molecule has 2 atom stereocenters. The van der Waals surface area contributed by atoms with E-state index in [2.05, 4.69) is 0 Å². The number of urea groups is 1. The molecule has 0 aliphatic carbocycles. The zero-order valence-electron chi connectivity index (χ0n) is 10.6. The van der Waals surface area contributed by atoms with Crippen molar-refractivity contribution >= 4 is 11.9 Å². The van der Waals surface area contributed by atoms with Crippen LogP contribution in [0.4, 0.5) is 9.18 Å². The van der Waals surface area contributed by atoms with Crippen LogP contribution >= 0.6 is 0 Å². The number of hydrogen-bond donors (Lipinski definition) is 3. The van der Waals surface area contributed by atoms with Gasteiger partial charge in [-0.15, -0.1) is 0 Å². The summed E-state index contributed by atoms with van der Waals surface area (Å²) in [6.07, 6.45) is -1.01. The van der Waals surface area contributed by atoms with Crippen LogP contribution in [0.25, 0.3) is 0 Å². The molecule has 0 aromatic heterocycles. The zero-order valence-corrected chi connectivity index (χ0v) is 10.6. The largest absolute Gasteiger partial charge is 0.480 e. The minimum absolute atomic E-state index is 0.155. The first-order valence-corrected chi connectivity index (χ1v) is 5.63. The average molecular weight is 269 g/mol. The van der Waals surface area contributed by atoms with Crippen molar-refractivity contribution < 1.29 is 18.7 Å². The summed E-state index contributed by atoms with van der Waals surface area (Å²) >= 11 is 0. The van der Waals surface area contributed by atoms with E-state index in [0.717, 1.165) is 6.07 Å². The summed E-state index contributed by atoms with van der Waals surface area (Å²) in [7, 11) is 0. The number of amides is 3. The van der Waals surface area contributed by atoms with Gasteiger partial charge >= 0.3 is 6.03 Å². The molecule has 6 nitrogen and oxygen atoms in total. The number of ether oxygens (including phenoxy) is 1. The minimum Gasteiger partial charge on any atom is -0.480 e. The Morgan fingerprint density at radius 2 is 2.00 bits per heavy atom. The molecule has 1 aromatic carbocycles. The van der Waals surface area contributed by atoms with Gasteiger partial charge in [0.05, 0.1) is 0 Å². The second-order valence-electron chi connectivity index (χ2n) is 4.08. The Labute approximate surface area is 109 Å². The van der Waals surface area contributed by atoms with Crippen molar-refractivity contribution in [2.45, 2.75) is 26.0 Å². The van der Waals surface area contributed by atoms with Gasteiger partial charge < -0.3 is 16.2 Å². The molecule has 104 valence electrons. The van der Waals surface area contributed by atoms with E-state index in [0.29, 0.717) is 5.56 Å². The lowest BCUT2D eigenvalue weighted by Gasteiger charge is -2.18. The Morgan fingerprint density at radius 1 is 1.37 bits per heavy atom. The molecule has 0 aliphatic heterocycles. The highest BCUT2D eigenvalue weighted by atomic mass is 19.1. The topological polar surface area (TPSA) is 107 Å². The van der Waals surface area contributed by atoms with Crippen molar-refractivity contribution in [2.24, 2.45) is 11.5 Å². The van der Waals surface area contributed by atoms with Crippen LogP contribution < -0.4 is 21.5 Å². The highest BCUT2D eigenvalue weighted by Crippen LogP contribution is 2.25. The fourth-order valence-corrected chi connectivity index (χ4v) is 1.45. The van der Waals surface area contributed by atoms with Gasteiger partial charge in [0.15, 0.2) is 6.10 Å². The molecule has 2 unspecified atom stereocenters. The van der Waals surface area contributed by atoms with Gasteiger partial charge in [-0.1, -0.05) is 6.07 Å². The molecule has 0 saturated heterocycles. The summed E-state index contributed by atoms with van der Waals surface area (Å²) in [6.45, 7) is 3.11. The third-order valence-electron chi connectivity index (χ3n) is 2.39. The summed E-state index contributed by atoms with van der Waals surface area (Å²) in [5.74, 6) is -1.07. The van der Waals surface area contributed by atoms with Crippen molar-refractivity contribution in [3.8, 4) is 5.75 Å². The molecule has 0 spiro atoms. The van der Waals surface area contributed by atoms with Crippen LogP contribution in [-0.4, -0.2) is 18.0 Å². The van der Waals surface area contributed by atoms with Crippen LogP contribution in [0.3, 0.4) is 0 Å². The van der Waals surface area contributed by atoms with Gasteiger partial charge in [0.25, 0.3) is 5.91 Å². The van der Waals surface area contributed by atoms with E-state index in [9.17, 15) is 14.0 Å². The molecule has 0 bridgehead atoms. The number of carbonyl (C=O) groups is 2. The first-order valence-electron chi connectivity index (χ1n) is 5.63. The number of primary amides is 1. The standard InChI is InChI=1S/C12H16FN3O3/c1-6(14)9-4-3-8(13)5-10(9)19-7(2)11(17)16-12(15)18/h3-7H,14H2,1-2H3,(H3,15,16,17,18). The van der Waals surface area contributed by atoms with E-state index >= 15 is 0 Å². The second-order valence-corrected chi connectivity index (χ2v) is 4.08. The predicted octanol–water partition coefficient (Wildman–Crippen LogP) is 0.808. The van der Waals surface area contributed by atoms with Gasteiger partial charge in [-0.05, 0) is 19.9 Å². The third-order valence-corrected chi connectivity index (χ3v) is 2.39. The van der Waals surface area contributed by atoms with Crippen molar-refractivity contribution in [1.82, 2.24) is 5.32 Å². The number of hydrogen-bond acceptors (Lipinski definition) is 4. The monoisotopic (exact) mass is 269 g/mol. The number of carbonyl (C=O) groups excluding carboxylic acids is 2. The maximum atomic E-state index is 13.2. The lowest BCUT2D eigenvalue weighted by molar-refractivity contribution is -0.126. The summed E-state index contributed by atoms with van der Waals surface area (Å²) in [5, 5.41) is 1.88. The molecular weight excluding hydrogens is 253 g/mol. The quantitative estimate of drug-likeness (QED) is 0.751. The number of benzene rings is 1. The SMILES string of the molecule is CC(Oc1cc(F)ccc1C(C)N)C(=O)NC(N)=O. The Morgan fingerprint density at radius 3 is 2.53 bits per heavy atom. The van der Waals surface area contributed by atoms with Gasteiger partial charge in [0, 0.05) is 17.7 Å². The molecule has 19 heavy (non-hydrogen) atoms. The van der Waals surface area contributed by atoms with Crippen LogP contribution in [-0.2, 0) is 4.79 Å². The summed E-state index contributed by atoms with van der Waals surface area (Å²) in [4.78, 5) is 22.0. The van der Waals surface area contributed by atoms with Crippen molar-refractivity contribution in [3.05, 3.63) is 29.6 Å². The number of nitrogens with two attached hydrogens (primary N) is 2. The Bertz CT molecular complexity index is 491. The molecule has 0 heterocycles. The van der Waals surface area contributed by atoms with E-state index < -0.39 is 23.9 Å². The first kappa shape index (κ1) is 14.9. The first-order chi connectivity index (χ1) is 8.81. The lowest BCUT2D eigenvalue weighted by atomic mass is 10.1. The van der Waals surface area contributed by atoms with E-state index in [1.807, 2.05) is 5.32 Å². The molecule has 0 aliphatic rings. The van der Waals surface area contributed by atoms with Crippen molar-refractivity contribution in [2.75, 3.05) is 0 Å². The van der Waals surface area contributed by atoms with Crippen LogP contribution in [0.5, 0.6) is 5.75 Å². The smallest absolute Gasteiger partial charge is 0.318 e. The molecule has 7 heteroatoms. The van der Waals surface area contributed by atoms with E-state index in [4.69, 9.17) is 16.2 Å². The summed E-state index contributed by atoms with van der Waals surface area (Å²) in [6, 6.07) is 2.50. The zero-order chi connectivity index (χ0) is 14.6. The molecule has 0 radical (unpaired) electrons. The van der Waals surface area contributed by atoms with Crippen molar-refractivity contribution in [3.63, 3.8) is 0 Å². The number of rotatable bonds is 4. The number of halogens is 1. The normalized spacial score (nSPS) is 13.5. The van der Waals surface area contributed by atoms with Crippen molar-refractivity contribution in [1.29, 1.82) is 0 Å². The number of imide groups is 1. The van der Waals surface area contributed by atoms with Gasteiger partial charge in [0.1, 0.15) is 11.6 Å². The highest BCUT2D eigenvalue weighted by Gasteiger charge is 2.19. The second kappa shape index (κ2) is 6.14. The Balaban J connectivity index is 2.89. The van der Waals surface area contributed by atoms with Crippen LogP contribution in [0, 0.1) is 5.82 Å². The number of nitrogens with one attached hydrogen (secondary N) is 1. The fourth-order valence-electron chi connectivity index (χ4n) is 1.45. The average Bonchev–Trinajstić information content (AvgIpc) is 2.27. The van der Waals surface area contributed by atoms with Gasteiger partial charge in [-0.3, -0.25) is 10.1 Å². The van der Waals surface area contributed by atoms with E-state index in [1.165, 1.54) is 19.1 Å². The minimum atomic E-state index is -1.01. The van der Waals surface area contributed by atoms with E-state index in [-0.39, 0.29) is 11.8 Å². The van der Waals surface area contributed by atoms with Crippen LogP contribution in [0.1, 0.15) is 25.5 Å². The molecule has 0 saturated carbocycles. The molecule has 1 aromatic rings. The molecule has 5 N–H and O–H groups in total. The Kier molecular flexibility index (Phi) is 4.82. The van der Waals surface area contributed by atoms with E-state index in [1.54, 1.807) is 6.92 Å². The summed E-state index contributed by atoms with van der Waals surface area (Å²) < 4.78 is 18.5. The van der Waals surface area contributed by atoms with Gasteiger partial charge in [-0.25, -0.2) is 9.18 Å². The molecule has 3 amide bonds. The molecule has 1 rings (SSSR count). The fraction of sp³-hybridized carbons (Fsp3) is 0.333. The highest BCUT2D eigenvalue weighted by molar-refractivity contribution is 5.95.